The molecule has 0 amide bonds. The third-order valence-corrected chi connectivity index (χ3v) is 4.68. The maximum absolute atomic E-state index is 6.50. The SMILES string of the molecule is CC(CCN)c1ccc(C2CCN(C)CC2)c(Cl)c1. The summed E-state index contributed by atoms with van der Waals surface area (Å²) in [5, 5.41) is 0.941. The summed E-state index contributed by atoms with van der Waals surface area (Å²) in [4.78, 5) is 2.39. The summed E-state index contributed by atoms with van der Waals surface area (Å²) in [5.41, 5.74) is 8.27. The Morgan fingerprint density at radius 3 is 2.63 bits per heavy atom. The van der Waals surface area contributed by atoms with Gasteiger partial charge in [-0.25, -0.2) is 0 Å². The molecule has 1 atom stereocenters. The fraction of sp³-hybridized carbons (Fsp3) is 0.625. The predicted octanol–water partition coefficient (Wildman–Crippen LogP) is 3.60. The van der Waals surface area contributed by atoms with Crippen LogP contribution in [-0.2, 0) is 0 Å². The summed E-state index contributed by atoms with van der Waals surface area (Å²) in [6.07, 6.45) is 3.45. The van der Waals surface area contributed by atoms with Crippen LogP contribution >= 0.6 is 11.6 Å². The van der Waals surface area contributed by atoms with Gasteiger partial charge in [-0.3, -0.25) is 0 Å². The number of benzene rings is 1. The molecule has 3 heteroatoms. The van der Waals surface area contributed by atoms with E-state index in [0.717, 1.165) is 18.0 Å². The Balaban J connectivity index is 2.10. The second-order valence-corrected chi connectivity index (χ2v) is 6.24. The van der Waals surface area contributed by atoms with Crippen molar-refractivity contribution in [1.29, 1.82) is 0 Å². The fourth-order valence-electron chi connectivity index (χ4n) is 2.92. The molecule has 106 valence electrons. The van der Waals surface area contributed by atoms with E-state index in [1.165, 1.54) is 37.1 Å². The molecular formula is C16H25ClN2. The highest BCUT2D eigenvalue weighted by Gasteiger charge is 2.20. The maximum atomic E-state index is 6.50. The number of piperidine rings is 1. The van der Waals surface area contributed by atoms with Gasteiger partial charge < -0.3 is 10.6 Å². The summed E-state index contributed by atoms with van der Waals surface area (Å²) < 4.78 is 0. The van der Waals surface area contributed by atoms with Crippen molar-refractivity contribution in [3.8, 4) is 0 Å². The van der Waals surface area contributed by atoms with E-state index >= 15 is 0 Å². The number of nitrogens with zero attached hydrogens (tertiary/aromatic N) is 1. The molecule has 1 aliphatic rings. The van der Waals surface area contributed by atoms with Gasteiger partial charge in [-0.2, -0.15) is 0 Å². The molecule has 1 unspecified atom stereocenters. The van der Waals surface area contributed by atoms with E-state index in [1.54, 1.807) is 0 Å². The Bertz CT molecular complexity index is 411. The monoisotopic (exact) mass is 280 g/mol. The highest BCUT2D eigenvalue weighted by Crippen LogP contribution is 2.34. The topological polar surface area (TPSA) is 29.3 Å². The van der Waals surface area contributed by atoms with Crippen LogP contribution in [0.2, 0.25) is 5.02 Å². The van der Waals surface area contributed by atoms with Crippen molar-refractivity contribution in [2.75, 3.05) is 26.7 Å². The molecule has 2 rings (SSSR count). The smallest absolute Gasteiger partial charge is 0.0443 e. The van der Waals surface area contributed by atoms with Gasteiger partial charge in [-0.05, 0) is 75.0 Å². The Morgan fingerprint density at radius 2 is 2.05 bits per heavy atom. The summed E-state index contributed by atoms with van der Waals surface area (Å²) in [7, 11) is 2.19. The molecule has 2 N–H and O–H groups in total. The largest absolute Gasteiger partial charge is 0.330 e. The van der Waals surface area contributed by atoms with Crippen molar-refractivity contribution in [1.82, 2.24) is 4.90 Å². The zero-order chi connectivity index (χ0) is 13.8. The molecule has 0 spiro atoms. The average molecular weight is 281 g/mol. The van der Waals surface area contributed by atoms with Gasteiger partial charge in [0, 0.05) is 5.02 Å². The lowest BCUT2D eigenvalue weighted by Gasteiger charge is -2.30. The number of rotatable bonds is 4. The van der Waals surface area contributed by atoms with E-state index in [9.17, 15) is 0 Å². The minimum absolute atomic E-state index is 0.494. The van der Waals surface area contributed by atoms with Crippen molar-refractivity contribution in [2.24, 2.45) is 5.73 Å². The molecule has 0 saturated carbocycles. The number of hydrogen-bond acceptors (Lipinski definition) is 2. The Hall–Kier alpha value is -0.570. The van der Waals surface area contributed by atoms with Gasteiger partial charge in [0.05, 0.1) is 0 Å². The van der Waals surface area contributed by atoms with Crippen LogP contribution in [0.4, 0.5) is 0 Å². The molecule has 1 heterocycles. The first-order valence-electron chi connectivity index (χ1n) is 7.29. The second kappa shape index (κ2) is 6.74. The van der Waals surface area contributed by atoms with Crippen LogP contribution in [0.25, 0.3) is 0 Å². The van der Waals surface area contributed by atoms with Crippen LogP contribution in [0.1, 0.15) is 49.1 Å². The average Bonchev–Trinajstić information content (AvgIpc) is 2.40. The zero-order valence-corrected chi connectivity index (χ0v) is 12.8. The van der Waals surface area contributed by atoms with Crippen LogP contribution in [0.15, 0.2) is 18.2 Å². The molecule has 1 aromatic rings. The molecule has 0 aromatic heterocycles. The van der Waals surface area contributed by atoms with Crippen molar-refractivity contribution < 1.29 is 0 Å². The van der Waals surface area contributed by atoms with E-state index in [1.807, 2.05) is 0 Å². The fourth-order valence-corrected chi connectivity index (χ4v) is 3.26. The molecule has 0 aliphatic carbocycles. The molecular weight excluding hydrogens is 256 g/mol. The van der Waals surface area contributed by atoms with Gasteiger partial charge in [-0.1, -0.05) is 30.7 Å². The van der Waals surface area contributed by atoms with Crippen molar-refractivity contribution in [2.45, 2.75) is 38.0 Å². The molecule has 1 saturated heterocycles. The number of nitrogens with two attached hydrogens (primary N) is 1. The first-order valence-corrected chi connectivity index (χ1v) is 7.67. The number of likely N-dealkylation sites (tertiary alicyclic amines) is 1. The first-order chi connectivity index (χ1) is 9.11. The minimum Gasteiger partial charge on any atom is -0.330 e. The van der Waals surface area contributed by atoms with Crippen LogP contribution < -0.4 is 5.73 Å². The lowest BCUT2D eigenvalue weighted by atomic mass is 9.87. The lowest BCUT2D eigenvalue weighted by molar-refractivity contribution is 0.255. The molecule has 0 bridgehead atoms. The molecule has 0 radical (unpaired) electrons. The number of hydrogen-bond donors (Lipinski definition) is 1. The second-order valence-electron chi connectivity index (χ2n) is 5.84. The van der Waals surface area contributed by atoms with Crippen LogP contribution in [0.3, 0.4) is 0 Å². The molecule has 19 heavy (non-hydrogen) atoms. The maximum Gasteiger partial charge on any atom is 0.0443 e. The third kappa shape index (κ3) is 3.71. The van der Waals surface area contributed by atoms with Gasteiger partial charge in [0.1, 0.15) is 0 Å². The van der Waals surface area contributed by atoms with Crippen LogP contribution in [-0.4, -0.2) is 31.6 Å². The van der Waals surface area contributed by atoms with Crippen molar-refractivity contribution in [3.05, 3.63) is 34.3 Å². The van der Waals surface area contributed by atoms with E-state index in [2.05, 4.69) is 37.1 Å². The quantitative estimate of drug-likeness (QED) is 0.913. The van der Waals surface area contributed by atoms with Crippen LogP contribution in [0, 0.1) is 0 Å². The van der Waals surface area contributed by atoms with E-state index in [-0.39, 0.29) is 0 Å². The number of halogens is 1. The van der Waals surface area contributed by atoms with Gasteiger partial charge in [0.15, 0.2) is 0 Å². The van der Waals surface area contributed by atoms with Gasteiger partial charge in [0.25, 0.3) is 0 Å². The molecule has 1 aromatic carbocycles. The lowest BCUT2D eigenvalue weighted by Crippen LogP contribution is -2.29. The normalized spacial score (nSPS) is 19.6. The predicted molar refractivity (Wildman–Crippen MR) is 83.0 cm³/mol. The van der Waals surface area contributed by atoms with Gasteiger partial charge >= 0.3 is 0 Å². The standard InChI is InChI=1S/C16H25ClN2/c1-12(5-8-18)14-3-4-15(16(17)11-14)13-6-9-19(2)10-7-13/h3-4,11-13H,5-10,18H2,1-2H3. The third-order valence-electron chi connectivity index (χ3n) is 4.35. The highest BCUT2D eigenvalue weighted by atomic mass is 35.5. The van der Waals surface area contributed by atoms with Gasteiger partial charge in [0.2, 0.25) is 0 Å². The summed E-state index contributed by atoms with van der Waals surface area (Å²) in [5.74, 6) is 1.12. The molecule has 2 nitrogen and oxygen atoms in total. The Morgan fingerprint density at radius 1 is 1.37 bits per heavy atom. The van der Waals surface area contributed by atoms with Crippen molar-refractivity contribution in [3.63, 3.8) is 0 Å². The summed E-state index contributed by atoms with van der Waals surface area (Å²) in [6, 6.07) is 6.62. The Kier molecular flexibility index (Phi) is 5.26. The minimum atomic E-state index is 0.494. The van der Waals surface area contributed by atoms with E-state index in [4.69, 9.17) is 17.3 Å². The molecule has 1 fully saturated rings. The zero-order valence-electron chi connectivity index (χ0n) is 12.0. The Labute approximate surface area is 121 Å². The van der Waals surface area contributed by atoms with E-state index < -0.39 is 0 Å². The first kappa shape index (κ1) is 14.8. The van der Waals surface area contributed by atoms with Gasteiger partial charge in [-0.15, -0.1) is 0 Å². The van der Waals surface area contributed by atoms with Crippen LogP contribution in [0.5, 0.6) is 0 Å². The highest BCUT2D eigenvalue weighted by molar-refractivity contribution is 6.31. The van der Waals surface area contributed by atoms with E-state index in [0.29, 0.717) is 11.8 Å². The summed E-state index contributed by atoms with van der Waals surface area (Å²) >= 11 is 6.50. The molecule has 1 aliphatic heterocycles. The van der Waals surface area contributed by atoms with Crippen molar-refractivity contribution >= 4 is 11.6 Å². The summed E-state index contributed by atoms with van der Waals surface area (Å²) in [6.45, 7) is 5.29.